The van der Waals surface area contributed by atoms with Crippen molar-refractivity contribution in [3.8, 4) is 0 Å². The van der Waals surface area contributed by atoms with Crippen molar-refractivity contribution in [1.82, 2.24) is 4.98 Å². The molecule has 1 atom stereocenters. The SMILES string of the molecule is CC1(C)CCCCC1C(=O)Cc1cccnc1. The van der Waals surface area contributed by atoms with Crippen LogP contribution < -0.4 is 0 Å². The van der Waals surface area contributed by atoms with E-state index in [2.05, 4.69) is 18.8 Å². The minimum atomic E-state index is 0.178. The topological polar surface area (TPSA) is 30.0 Å². The van der Waals surface area contributed by atoms with E-state index in [-0.39, 0.29) is 11.3 Å². The molecular weight excluding hydrogens is 210 g/mol. The van der Waals surface area contributed by atoms with E-state index in [0.717, 1.165) is 12.0 Å². The average Bonchev–Trinajstić information content (AvgIpc) is 2.29. The lowest BCUT2D eigenvalue weighted by molar-refractivity contribution is -0.127. The summed E-state index contributed by atoms with van der Waals surface area (Å²) >= 11 is 0. The second kappa shape index (κ2) is 4.99. The molecule has 0 amide bonds. The molecule has 1 aromatic heterocycles. The van der Waals surface area contributed by atoms with E-state index >= 15 is 0 Å². The van der Waals surface area contributed by atoms with Gasteiger partial charge in [0.1, 0.15) is 5.78 Å². The molecule has 0 radical (unpaired) electrons. The van der Waals surface area contributed by atoms with Gasteiger partial charge >= 0.3 is 0 Å². The van der Waals surface area contributed by atoms with Crippen molar-refractivity contribution < 1.29 is 4.79 Å². The predicted molar refractivity (Wildman–Crippen MR) is 68.7 cm³/mol. The molecule has 1 unspecified atom stereocenters. The first-order valence-corrected chi connectivity index (χ1v) is 6.51. The van der Waals surface area contributed by atoms with Gasteiger partial charge in [-0.2, -0.15) is 0 Å². The monoisotopic (exact) mass is 231 g/mol. The second-order valence-corrected chi connectivity index (χ2v) is 5.79. The quantitative estimate of drug-likeness (QED) is 0.798. The molecule has 0 saturated heterocycles. The number of hydrogen-bond donors (Lipinski definition) is 0. The smallest absolute Gasteiger partial charge is 0.140 e. The average molecular weight is 231 g/mol. The summed E-state index contributed by atoms with van der Waals surface area (Å²) in [5.41, 5.74) is 1.22. The molecule has 0 aromatic carbocycles. The summed E-state index contributed by atoms with van der Waals surface area (Å²) in [6, 6.07) is 3.88. The number of carbonyl (C=O) groups excluding carboxylic acids is 1. The third kappa shape index (κ3) is 2.93. The Morgan fingerprint density at radius 3 is 2.94 bits per heavy atom. The Hall–Kier alpha value is -1.18. The standard InChI is InChI=1S/C15H21NO/c1-15(2)8-4-3-7-13(15)14(17)10-12-6-5-9-16-11-12/h5-6,9,11,13H,3-4,7-8,10H2,1-2H3. The zero-order valence-corrected chi connectivity index (χ0v) is 10.8. The van der Waals surface area contributed by atoms with E-state index in [1.807, 2.05) is 12.1 Å². The molecule has 0 bridgehead atoms. The maximum absolute atomic E-state index is 12.4. The van der Waals surface area contributed by atoms with E-state index in [9.17, 15) is 4.79 Å². The van der Waals surface area contributed by atoms with Crippen molar-refractivity contribution in [3.05, 3.63) is 30.1 Å². The summed E-state index contributed by atoms with van der Waals surface area (Å²) < 4.78 is 0. The van der Waals surface area contributed by atoms with Gasteiger partial charge in [-0.3, -0.25) is 9.78 Å². The van der Waals surface area contributed by atoms with Crippen molar-refractivity contribution in [3.63, 3.8) is 0 Å². The Kier molecular flexibility index (Phi) is 3.60. The molecule has 2 rings (SSSR count). The third-order valence-electron chi connectivity index (χ3n) is 4.00. The highest BCUT2D eigenvalue weighted by Gasteiger charge is 2.36. The van der Waals surface area contributed by atoms with E-state index in [1.54, 1.807) is 12.4 Å². The van der Waals surface area contributed by atoms with Crippen LogP contribution in [-0.4, -0.2) is 10.8 Å². The molecule has 17 heavy (non-hydrogen) atoms. The van der Waals surface area contributed by atoms with Crippen LogP contribution in [0.4, 0.5) is 0 Å². The van der Waals surface area contributed by atoms with Gasteiger partial charge in [0.25, 0.3) is 0 Å². The summed E-state index contributed by atoms with van der Waals surface area (Å²) in [4.78, 5) is 16.4. The van der Waals surface area contributed by atoms with Gasteiger partial charge in [0, 0.05) is 24.7 Å². The van der Waals surface area contributed by atoms with E-state index < -0.39 is 0 Å². The molecule has 92 valence electrons. The summed E-state index contributed by atoms with van der Waals surface area (Å²) in [6.45, 7) is 4.47. The Morgan fingerprint density at radius 2 is 2.29 bits per heavy atom. The highest BCUT2D eigenvalue weighted by atomic mass is 16.1. The Morgan fingerprint density at radius 1 is 1.47 bits per heavy atom. The lowest BCUT2D eigenvalue weighted by Crippen LogP contribution is -2.34. The molecule has 1 heterocycles. The number of rotatable bonds is 3. The second-order valence-electron chi connectivity index (χ2n) is 5.79. The van der Waals surface area contributed by atoms with Gasteiger partial charge in [-0.1, -0.05) is 32.8 Å². The number of carbonyl (C=O) groups is 1. The number of aromatic nitrogens is 1. The zero-order valence-electron chi connectivity index (χ0n) is 10.8. The minimum absolute atomic E-state index is 0.178. The highest BCUT2D eigenvalue weighted by Crippen LogP contribution is 2.41. The minimum Gasteiger partial charge on any atom is -0.299 e. The van der Waals surface area contributed by atoms with Crippen LogP contribution in [0.2, 0.25) is 0 Å². The van der Waals surface area contributed by atoms with Crippen LogP contribution in [0.3, 0.4) is 0 Å². The van der Waals surface area contributed by atoms with E-state index in [4.69, 9.17) is 0 Å². The first kappa shape index (κ1) is 12.3. The van der Waals surface area contributed by atoms with Crippen LogP contribution in [0, 0.1) is 11.3 Å². The Balaban J connectivity index is 2.04. The summed E-state index contributed by atoms with van der Waals surface area (Å²) in [7, 11) is 0. The van der Waals surface area contributed by atoms with Crippen LogP contribution >= 0.6 is 0 Å². The van der Waals surface area contributed by atoms with Crippen molar-refractivity contribution in [2.75, 3.05) is 0 Å². The fourth-order valence-electron chi connectivity index (χ4n) is 2.92. The number of hydrogen-bond acceptors (Lipinski definition) is 2. The number of nitrogens with zero attached hydrogens (tertiary/aromatic N) is 1. The predicted octanol–water partition coefficient (Wildman–Crippen LogP) is 3.41. The van der Waals surface area contributed by atoms with Gasteiger partial charge in [-0.25, -0.2) is 0 Å². The summed E-state index contributed by atoms with van der Waals surface area (Å²) in [5.74, 6) is 0.624. The van der Waals surface area contributed by atoms with Crippen molar-refractivity contribution in [2.45, 2.75) is 46.0 Å². The van der Waals surface area contributed by atoms with Crippen molar-refractivity contribution in [1.29, 1.82) is 0 Å². The van der Waals surface area contributed by atoms with Gasteiger partial charge < -0.3 is 0 Å². The molecule has 1 aliphatic rings. The molecule has 1 aromatic rings. The third-order valence-corrected chi connectivity index (χ3v) is 4.00. The first-order chi connectivity index (χ1) is 8.09. The van der Waals surface area contributed by atoms with Crippen LogP contribution in [-0.2, 0) is 11.2 Å². The molecule has 0 spiro atoms. The van der Waals surface area contributed by atoms with Gasteiger partial charge in [0.15, 0.2) is 0 Å². The van der Waals surface area contributed by atoms with Gasteiger partial charge in [0.05, 0.1) is 0 Å². The lowest BCUT2D eigenvalue weighted by Gasteiger charge is -2.37. The maximum Gasteiger partial charge on any atom is 0.140 e. The molecular formula is C15H21NO. The fraction of sp³-hybridized carbons (Fsp3) is 0.600. The Bertz CT molecular complexity index is 383. The van der Waals surface area contributed by atoms with Crippen LogP contribution in [0.1, 0.15) is 45.1 Å². The normalized spacial score (nSPS) is 23.3. The lowest BCUT2D eigenvalue weighted by atomic mass is 9.66. The number of pyridine rings is 1. The van der Waals surface area contributed by atoms with Crippen LogP contribution in [0.5, 0.6) is 0 Å². The van der Waals surface area contributed by atoms with Gasteiger partial charge in [-0.15, -0.1) is 0 Å². The molecule has 1 aliphatic carbocycles. The molecule has 2 nitrogen and oxygen atoms in total. The molecule has 0 aliphatic heterocycles. The van der Waals surface area contributed by atoms with Crippen molar-refractivity contribution >= 4 is 5.78 Å². The zero-order chi connectivity index (χ0) is 12.3. The van der Waals surface area contributed by atoms with Crippen LogP contribution in [0.15, 0.2) is 24.5 Å². The Labute approximate surface area is 103 Å². The van der Waals surface area contributed by atoms with Crippen molar-refractivity contribution in [2.24, 2.45) is 11.3 Å². The van der Waals surface area contributed by atoms with Crippen LogP contribution in [0.25, 0.3) is 0 Å². The largest absolute Gasteiger partial charge is 0.299 e. The number of Topliss-reactive ketones (excluding diaryl/α,β-unsaturated/α-hetero) is 1. The first-order valence-electron chi connectivity index (χ1n) is 6.51. The van der Waals surface area contributed by atoms with Gasteiger partial charge in [-0.05, 0) is 29.9 Å². The maximum atomic E-state index is 12.4. The fourth-order valence-corrected chi connectivity index (χ4v) is 2.92. The summed E-state index contributed by atoms with van der Waals surface area (Å²) in [6.07, 6.45) is 8.80. The molecule has 0 N–H and O–H groups in total. The summed E-state index contributed by atoms with van der Waals surface area (Å²) in [5, 5.41) is 0. The highest BCUT2D eigenvalue weighted by molar-refractivity contribution is 5.84. The number of ketones is 1. The van der Waals surface area contributed by atoms with Gasteiger partial charge in [0.2, 0.25) is 0 Å². The van der Waals surface area contributed by atoms with E-state index in [0.29, 0.717) is 12.2 Å². The molecule has 1 fully saturated rings. The van der Waals surface area contributed by atoms with E-state index in [1.165, 1.54) is 19.3 Å². The molecule has 1 saturated carbocycles. The molecule has 2 heteroatoms.